The van der Waals surface area contributed by atoms with E-state index in [1.54, 1.807) is 14.2 Å². The van der Waals surface area contributed by atoms with E-state index >= 15 is 0 Å². The lowest BCUT2D eigenvalue weighted by atomic mass is 10.2. The van der Waals surface area contributed by atoms with Crippen molar-refractivity contribution in [3.05, 3.63) is 45.8 Å². The molecule has 0 radical (unpaired) electrons. The Bertz CT molecular complexity index is 1050. The summed E-state index contributed by atoms with van der Waals surface area (Å²) in [7, 11) is 3.26. The molecule has 0 atom stereocenters. The molecule has 30 heavy (non-hydrogen) atoms. The molecule has 0 aliphatic rings. The van der Waals surface area contributed by atoms with Gasteiger partial charge in [-0.05, 0) is 40.8 Å². The van der Waals surface area contributed by atoms with Gasteiger partial charge < -0.3 is 24.3 Å². The van der Waals surface area contributed by atoms with Crippen LogP contribution in [0.1, 0.15) is 5.56 Å². The maximum atomic E-state index is 5.98. The van der Waals surface area contributed by atoms with Crippen LogP contribution in [0, 0.1) is 15.9 Å². The largest absolute Gasteiger partial charge is 0.487 e. The molecule has 0 unspecified atom stereocenters. The van der Waals surface area contributed by atoms with Gasteiger partial charge in [-0.25, -0.2) is 9.97 Å². The van der Waals surface area contributed by atoms with Crippen molar-refractivity contribution in [1.82, 2.24) is 9.97 Å². The molecule has 0 aliphatic carbocycles. The fourth-order valence-corrected chi connectivity index (χ4v) is 3.71. The Morgan fingerprint density at radius 3 is 2.53 bits per heavy atom. The summed E-state index contributed by atoms with van der Waals surface area (Å²) < 4.78 is 22.9. The molecular formula is C22H22IN3O4. The number of benzene rings is 2. The summed E-state index contributed by atoms with van der Waals surface area (Å²) in [5, 5.41) is 4.17. The molecule has 0 saturated heterocycles. The number of rotatable bonds is 10. The number of fused-ring (bicyclic) bond motifs is 1. The highest BCUT2D eigenvalue weighted by Gasteiger charge is 2.19. The van der Waals surface area contributed by atoms with Crippen LogP contribution in [0.5, 0.6) is 11.5 Å². The number of ether oxygens (including phenoxy) is 4. The molecule has 7 nitrogen and oxygen atoms in total. The van der Waals surface area contributed by atoms with Crippen LogP contribution in [-0.2, 0) is 9.47 Å². The number of aromatic nitrogens is 2. The lowest BCUT2D eigenvalue weighted by molar-refractivity contribution is 0.132. The number of hydrogen-bond donors (Lipinski definition) is 1. The van der Waals surface area contributed by atoms with Gasteiger partial charge >= 0.3 is 0 Å². The first-order valence-electron chi connectivity index (χ1n) is 9.22. The maximum Gasteiger partial charge on any atom is 0.175 e. The highest BCUT2D eigenvalue weighted by atomic mass is 127. The highest BCUT2D eigenvalue weighted by Crippen LogP contribution is 2.40. The van der Waals surface area contributed by atoms with E-state index in [9.17, 15) is 0 Å². The van der Waals surface area contributed by atoms with E-state index in [4.69, 9.17) is 25.4 Å². The Labute approximate surface area is 189 Å². The van der Waals surface area contributed by atoms with Gasteiger partial charge in [0.25, 0.3) is 0 Å². The van der Waals surface area contributed by atoms with Crippen molar-refractivity contribution in [3.63, 3.8) is 0 Å². The van der Waals surface area contributed by atoms with Gasteiger partial charge in [-0.3, -0.25) is 0 Å². The van der Waals surface area contributed by atoms with Crippen LogP contribution in [-0.4, -0.2) is 50.6 Å². The Kier molecular flexibility index (Phi) is 8.07. The summed E-state index contributed by atoms with van der Waals surface area (Å²) in [5.41, 5.74) is 2.35. The molecule has 0 bridgehead atoms. The van der Waals surface area contributed by atoms with Gasteiger partial charge in [-0.15, -0.1) is 6.42 Å². The van der Waals surface area contributed by atoms with Crippen LogP contribution in [0.15, 0.2) is 36.7 Å². The van der Waals surface area contributed by atoms with Crippen LogP contribution in [0.25, 0.3) is 10.9 Å². The Morgan fingerprint density at radius 1 is 1.03 bits per heavy atom. The van der Waals surface area contributed by atoms with Crippen molar-refractivity contribution in [2.75, 3.05) is 46.0 Å². The third-order valence-corrected chi connectivity index (χ3v) is 5.19. The molecule has 1 heterocycles. The van der Waals surface area contributed by atoms with Crippen LogP contribution in [0.4, 0.5) is 11.5 Å². The smallest absolute Gasteiger partial charge is 0.175 e. The third kappa shape index (κ3) is 5.30. The molecule has 2 aromatic carbocycles. The molecule has 1 N–H and O–H groups in total. The third-order valence-electron chi connectivity index (χ3n) is 4.16. The van der Waals surface area contributed by atoms with Crippen molar-refractivity contribution in [2.24, 2.45) is 0 Å². The molecule has 0 amide bonds. The van der Waals surface area contributed by atoms with E-state index in [1.165, 1.54) is 6.33 Å². The number of halogens is 1. The van der Waals surface area contributed by atoms with Crippen LogP contribution < -0.4 is 14.8 Å². The topological polar surface area (TPSA) is 74.7 Å². The van der Waals surface area contributed by atoms with Crippen molar-refractivity contribution >= 4 is 45.0 Å². The SMILES string of the molecule is C#Cc1cccc(Nc2ncnc3cc(OCCOC)c(OCCOC)c(I)c23)c1. The quantitative estimate of drug-likeness (QED) is 0.247. The second-order valence-corrected chi connectivity index (χ2v) is 7.25. The normalized spacial score (nSPS) is 10.6. The van der Waals surface area contributed by atoms with E-state index in [-0.39, 0.29) is 0 Å². The van der Waals surface area contributed by atoms with Gasteiger partial charge in [0.1, 0.15) is 25.4 Å². The zero-order chi connectivity index (χ0) is 21.3. The minimum Gasteiger partial charge on any atom is -0.487 e. The van der Waals surface area contributed by atoms with Gasteiger partial charge in [-0.2, -0.15) is 0 Å². The van der Waals surface area contributed by atoms with Crippen LogP contribution in [0.2, 0.25) is 0 Å². The van der Waals surface area contributed by atoms with Crippen molar-refractivity contribution < 1.29 is 18.9 Å². The lowest BCUT2D eigenvalue weighted by Gasteiger charge is -2.17. The summed E-state index contributed by atoms with van der Waals surface area (Å²) in [6.07, 6.45) is 7.03. The monoisotopic (exact) mass is 519 g/mol. The summed E-state index contributed by atoms with van der Waals surface area (Å²) in [6, 6.07) is 9.43. The molecule has 0 aliphatic heterocycles. The predicted molar refractivity (Wildman–Crippen MR) is 125 cm³/mol. The summed E-state index contributed by atoms with van der Waals surface area (Å²) in [6.45, 7) is 1.71. The molecule has 0 saturated carbocycles. The number of methoxy groups -OCH3 is 2. The molecular weight excluding hydrogens is 497 g/mol. The van der Waals surface area contributed by atoms with Crippen molar-refractivity contribution in [3.8, 4) is 23.8 Å². The molecule has 0 spiro atoms. The van der Waals surface area contributed by atoms with Crippen molar-refractivity contribution in [1.29, 1.82) is 0 Å². The van der Waals surface area contributed by atoms with E-state index in [1.807, 2.05) is 30.3 Å². The van der Waals surface area contributed by atoms with E-state index in [0.717, 1.165) is 25.7 Å². The predicted octanol–water partition coefficient (Wildman–Crippen LogP) is 4.01. The Morgan fingerprint density at radius 2 is 1.80 bits per heavy atom. The molecule has 156 valence electrons. The average molecular weight is 519 g/mol. The molecule has 3 aromatic rings. The first-order chi connectivity index (χ1) is 14.7. The minimum atomic E-state index is 0.388. The van der Waals surface area contributed by atoms with E-state index in [2.05, 4.69) is 43.8 Å². The minimum absolute atomic E-state index is 0.388. The number of nitrogens with one attached hydrogen (secondary N) is 1. The number of anilines is 2. The second-order valence-electron chi connectivity index (χ2n) is 6.17. The first-order valence-corrected chi connectivity index (χ1v) is 10.3. The van der Waals surface area contributed by atoms with Gasteiger partial charge in [0.15, 0.2) is 11.5 Å². The lowest BCUT2D eigenvalue weighted by Crippen LogP contribution is -2.10. The van der Waals surface area contributed by atoms with E-state index < -0.39 is 0 Å². The second kappa shape index (κ2) is 11.0. The maximum absolute atomic E-state index is 5.98. The van der Waals surface area contributed by atoms with E-state index in [0.29, 0.717) is 43.7 Å². The Balaban J connectivity index is 2.04. The number of nitrogens with zero attached hydrogens (tertiary/aromatic N) is 2. The van der Waals surface area contributed by atoms with Crippen LogP contribution in [0.3, 0.4) is 0 Å². The standard InChI is InChI=1S/C22H22IN3O4/c1-4-15-6-5-7-16(12-15)26-22-19-17(24-14-25-22)13-18(29-10-8-27-2)21(20(19)23)30-11-9-28-3/h1,5-7,12-14H,8-11H2,2-3H3,(H,24,25,26). The molecule has 8 heteroatoms. The van der Waals surface area contributed by atoms with Crippen LogP contribution >= 0.6 is 22.6 Å². The fraction of sp³-hybridized carbons (Fsp3) is 0.273. The highest BCUT2D eigenvalue weighted by molar-refractivity contribution is 14.1. The first kappa shape index (κ1) is 22.1. The summed E-state index contributed by atoms with van der Waals surface area (Å²) in [4.78, 5) is 8.87. The number of terminal acetylenes is 1. The number of hydrogen-bond acceptors (Lipinski definition) is 7. The van der Waals surface area contributed by atoms with Gasteiger partial charge in [0.05, 0.1) is 27.7 Å². The Hall–Kier alpha value is -2.61. The fourth-order valence-electron chi connectivity index (χ4n) is 2.76. The molecule has 1 aromatic heterocycles. The molecule has 0 fully saturated rings. The summed E-state index contributed by atoms with van der Waals surface area (Å²) in [5.74, 6) is 4.50. The zero-order valence-corrected chi connectivity index (χ0v) is 18.9. The summed E-state index contributed by atoms with van der Waals surface area (Å²) >= 11 is 2.23. The average Bonchev–Trinajstić information content (AvgIpc) is 2.76. The van der Waals surface area contributed by atoms with Gasteiger partial charge in [0, 0.05) is 31.5 Å². The van der Waals surface area contributed by atoms with Crippen molar-refractivity contribution in [2.45, 2.75) is 0 Å². The zero-order valence-electron chi connectivity index (χ0n) is 16.8. The molecule has 3 rings (SSSR count). The van der Waals surface area contributed by atoms with Gasteiger partial charge in [-0.1, -0.05) is 12.0 Å². The van der Waals surface area contributed by atoms with Gasteiger partial charge in [0.2, 0.25) is 0 Å².